The molecule has 0 bridgehead atoms. The van der Waals surface area contributed by atoms with E-state index in [2.05, 4.69) is 26.6 Å². The van der Waals surface area contributed by atoms with Gasteiger partial charge >= 0.3 is 0 Å². The minimum absolute atomic E-state index is 0.496. The fraction of sp³-hybridized carbons (Fsp3) is 0.0769. The lowest BCUT2D eigenvalue weighted by molar-refractivity contribution is 1.05. The molecule has 0 radical (unpaired) electrons. The van der Waals surface area contributed by atoms with Crippen LogP contribution in [-0.4, -0.2) is 23.0 Å². The second-order valence-electron chi connectivity index (χ2n) is 4.58. The van der Waals surface area contributed by atoms with Crippen LogP contribution in [0.2, 0.25) is 5.15 Å². The fourth-order valence-electron chi connectivity index (χ4n) is 2.00. The number of nitrogens with zero attached hydrogens (tertiary/aromatic N) is 2. The third kappa shape index (κ3) is 2.42. The molecule has 0 spiro atoms. The Kier molecular flexibility index (Phi) is 2.91. The van der Waals surface area contributed by atoms with Crippen LogP contribution in [0.1, 0.15) is 5.69 Å². The summed E-state index contributed by atoms with van der Waals surface area (Å²) in [6.45, 7) is 1.95. The Morgan fingerprint density at radius 3 is 2.79 bits per heavy atom. The van der Waals surface area contributed by atoms with E-state index in [9.17, 15) is 0 Å². The molecule has 0 saturated carbocycles. The van der Waals surface area contributed by atoms with Crippen molar-refractivity contribution in [2.75, 3.05) is 5.32 Å². The summed E-state index contributed by atoms with van der Waals surface area (Å²) >= 11 is 6.23. The molecular weight excluding hydrogens is 258 g/mol. The normalized spacial score (nSPS) is 10.8. The summed E-state index contributed by atoms with van der Waals surface area (Å²) < 4.78 is 0. The van der Waals surface area contributed by atoms with Gasteiger partial charge in [-0.2, -0.15) is 5.10 Å². The molecule has 0 aliphatic rings. The van der Waals surface area contributed by atoms with Crippen molar-refractivity contribution in [1.82, 2.24) is 15.2 Å². The summed E-state index contributed by atoms with van der Waals surface area (Å²) in [6.07, 6.45) is 0. The number of fused-ring (bicyclic) bond motifs is 1. The van der Waals surface area contributed by atoms with Crippen LogP contribution >= 0.6 is 11.6 Å². The molecule has 1 aromatic carbocycles. The molecule has 94 valence electrons. The van der Waals surface area contributed by atoms with E-state index in [4.69, 9.17) is 11.6 Å². The summed E-state index contributed by atoms with van der Waals surface area (Å²) in [5.41, 5.74) is 2.16. The number of aryl methyl sites for hydroxylation is 1. The smallest absolute Gasteiger partial charge is 0.153 e. The highest BCUT2D eigenvalue weighted by Crippen LogP contribution is 2.25. The first-order chi connectivity index (χ1) is 9.11. The molecular formula is C13H12BClN4. The maximum atomic E-state index is 6.23. The maximum Gasteiger partial charge on any atom is 0.153 e. The van der Waals surface area contributed by atoms with Gasteiger partial charge < -0.3 is 5.32 Å². The highest BCUT2D eigenvalue weighted by atomic mass is 35.5. The molecule has 19 heavy (non-hydrogen) atoms. The Labute approximate surface area is 116 Å². The SMILES string of the molecule is Bc1ccc2cc(Nc3cc(C)[nH]n3)nc(Cl)c2c1. The van der Waals surface area contributed by atoms with Gasteiger partial charge in [0.25, 0.3) is 0 Å². The van der Waals surface area contributed by atoms with E-state index in [1.54, 1.807) is 0 Å². The Morgan fingerprint density at radius 1 is 1.21 bits per heavy atom. The second-order valence-corrected chi connectivity index (χ2v) is 4.94. The molecule has 4 nitrogen and oxygen atoms in total. The fourth-order valence-corrected chi connectivity index (χ4v) is 2.25. The number of aromatic amines is 1. The average molecular weight is 271 g/mol. The molecule has 0 unspecified atom stereocenters. The highest BCUT2D eigenvalue weighted by molar-refractivity contribution is 6.37. The van der Waals surface area contributed by atoms with Crippen molar-refractivity contribution in [3.8, 4) is 0 Å². The lowest BCUT2D eigenvalue weighted by Crippen LogP contribution is -2.01. The van der Waals surface area contributed by atoms with Crippen molar-refractivity contribution in [2.24, 2.45) is 0 Å². The number of rotatable bonds is 2. The minimum Gasteiger partial charge on any atom is -0.323 e. The van der Waals surface area contributed by atoms with Gasteiger partial charge in [-0.05, 0) is 18.4 Å². The number of hydrogen-bond acceptors (Lipinski definition) is 3. The van der Waals surface area contributed by atoms with Gasteiger partial charge in [0, 0.05) is 17.1 Å². The van der Waals surface area contributed by atoms with Gasteiger partial charge in [0.15, 0.2) is 5.82 Å². The van der Waals surface area contributed by atoms with Crippen LogP contribution in [0.3, 0.4) is 0 Å². The standard InChI is InChI=1S/C13H12BClN4/c1-7-4-12(19-18-7)16-11-5-8-2-3-9(14)6-10(8)13(15)17-11/h2-6H,14H2,1H3,(H2,16,17,18,19). The lowest BCUT2D eigenvalue weighted by atomic mass is 9.94. The summed E-state index contributed by atoms with van der Waals surface area (Å²) in [5, 5.41) is 12.6. The Morgan fingerprint density at radius 2 is 2.05 bits per heavy atom. The van der Waals surface area contributed by atoms with Crippen LogP contribution in [-0.2, 0) is 0 Å². The minimum atomic E-state index is 0.496. The second kappa shape index (κ2) is 4.59. The van der Waals surface area contributed by atoms with Gasteiger partial charge in [-0.25, -0.2) is 4.98 Å². The van der Waals surface area contributed by atoms with Crippen molar-refractivity contribution in [1.29, 1.82) is 0 Å². The molecule has 0 atom stereocenters. The molecule has 3 rings (SSSR count). The number of aromatic nitrogens is 3. The van der Waals surface area contributed by atoms with Crippen molar-refractivity contribution >= 4 is 47.3 Å². The Hall–Kier alpha value is -2.01. The molecule has 2 heterocycles. The highest BCUT2D eigenvalue weighted by Gasteiger charge is 2.06. The predicted octanol–water partition coefficient (Wildman–Crippen LogP) is 1.92. The molecule has 0 aliphatic carbocycles. The van der Waals surface area contributed by atoms with Gasteiger partial charge in [-0.15, -0.1) is 0 Å². The van der Waals surface area contributed by atoms with Crippen molar-refractivity contribution in [2.45, 2.75) is 6.92 Å². The third-order valence-corrected chi connectivity index (χ3v) is 3.19. The molecule has 6 heteroatoms. The van der Waals surface area contributed by atoms with Gasteiger partial charge in [-0.1, -0.05) is 35.3 Å². The molecule has 0 saturated heterocycles. The summed E-state index contributed by atoms with van der Waals surface area (Å²) in [7, 11) is 2.04. The molecule has 0 aliphatic heterocycles. The van der Waals surface area contributed by atoms with Crippen molar-refractivity contribution in [3.63, 3.8) is 0 Å². The van der Waals surface area contributed by atoms with Crippen LogP contribution in [0.5, 0.6) is 0 Å². The van der Waals surface area contributed by atoms with Crippen LogP contribution in [0.15, 0.2) is 30.3 Å². The first-order valence-electron chi connectivity index (χ1n) is 5.98. The van der Waals surface area contributed by atoms with E-state index < -0.39 is 0 Å². The molecule has 3 aromatic rings. The van der Waals surface area contributed by atoms with E-state index in [1.807, 2.05) is 39.0 Å². The zero-order valence-corrected chi connectivity index (χ0v) is 11.4. The zero-order valence-electron chi connectivity index (χ0n) is 10.7. The molecule has 0 amide bonds. The van der Waals surface area contributed by atoms with E-state index in [1.165, 1.54) is 5.46 Å². The number of anilines is 2. The first kappa shape index (κ1) is 12.1. The van der Waals surface area contributed by atoms with E-state index >= 15 is 0 Å². The van der Waals surface area contributed by atoms with E-state index in [-0.39, 0.29) is 0 Å². The third-order valence-electron chi connectivity index (χ3n) is 2.90. The number of hydrogen-bond donors (Lipinski definition) is 2. The van der Waals surface area contributed by atoms with Gasteiger partial charge in [0.1, 0.15) is 18.8 Å². The number of benzene rings is 1. The number of nitrogens with one attached hydrogen (secondary N) is 2. The largest absolute Gasteiger partial charge is 0.323 e. The first-order valence-corrected chi connectivity index (χ1v) is 6.35. The maximum absolute atomic E-state index is 6.23. The quantitative estimate of drug-likeness (QED) is 0.552. The molecule has 0 fully saturated rings. The van der Waals surface area contributed by atoms with E-state index in [0.717, 1.165) is 22.3 Å². The van der Waals surface area contributed by atoms with Gasteiger partial charge in [0.2, 0.25) is 0 Å². The zero-order chi connectivity index (χ0) is 13.4. The van der Waals surface area contributed by atoms with Crippen LogP contribution < -0.4 is 10.8 Å². The Balaban J connectivity index is 2.03. The van der Waals surface area contributed by atoms with Crippen LogP contribution in [0.25, 0.3) is 10.8 Å². The summed E-state index contributed by atoms with van der Waals surface area (Å²) in [4.78, 5) is 4.35. The van der Waals surface area contributed by atoms with E-state index in [0.29, 0.717) is 11.0 Å². The molecule has 2 N–H and O–H groups in total. The van der Waals surface area contributed by atoms with Crippen molar-refractivity contribution < 1.29 is 0 Å². The Bertz CT molecular complexity index is 753. The van der Waals surface area contributed by atoms with Crippen molar-refractivity contribution in [3.05, 3.63) is 41.2 Å². The molecule has 2 aromatic heterocycles. The number of halogens is 1. The van der Waals surface area contributed by atoms with Crippen LogP contribution in [0.4, 0.5) is 11.6 Å². The van der Waals surface area contributed by atoms with Crippen LogP contribution in [0, 0.1) is 6.92 Å². The number of pyridine rings is 1. The summed E-state index contributed by atoms with van der Waals surface area (Å²) in [5.74, 6) is 1.42. The number of H-pyrrole nitrogens is 1. The monoisotopic (exact) mass is 270 g/mol. The van der Waals surface area contributed by atoms with Gasteiger partial charge in [-0.3, -0.25) is 5.10 Å². The lowest BCUT2D eigenvalue weighted by Gasteiger charge is -2.06. The topological polar surface area (TPSA) is 53.6 Å². The predicted molar refractivity (Wildman–Crippen MR) is 81.5 cm³/mol. The summed E-state index contributed by atoms with van der Waals surface area (Å²) in [6, 6.07) is 10.0. The van der Waals surface area contributed by atoms with Gasteiger partial charge in [0.05, 0.1) is 0 Å². The average Bonchev–Trinajstić information content (AvgIpc) is 2.76.